The first-order valence-electron chi connectivity index (χ1n) is 8.75. The van der Waals surface area contributed by atoms with Crippen LogP contribution in [0.25, 0.3) is 11.4 Å². The minimum atomic E-state index is -1.16. The third-order valence-corrected chi connectivity index (χ3v) is 4.74. The fourth-order valence-electron chi connectivity index (χ4n) is 3.39. The highest BCUT2D eigenvalue weighted by Crippen LogP contribution is 2.33. The summed E-state index contributed by atoms with van der Waals surface area (Å²) in [4.78, 5) is 19.1. The van der Waals surface area contributed by atoms with Crippen LogP contribution < -0.4 is 0 Å². The SMILES string of the molecule is O=C(C(O)c1ccccc1)N1CCCC1c1nc(-c2ccccc2)n[nH]1. The molecule has 2 N–H and O–H groups in total. The van der Waals surface area contributed by atoms with Gasteiger partial charge in [-0.05, 0) is 18.4 Å². The summed E-state index contributed by atoms with van der Waals surface area (Å²) in [6, 6.07) is 18.5. The van der Waals surface area contributed by atoms with E-state index in [1.807, 2.05) is 48.5 Å². The number of aromatic amines is 1. The molecule has 1 saturated heterocycles. The van der Waals surface area contributed by atoms with Crippen molar-refractivity contribution in [3.05, 3.63) is 72.1 Å². The molecule has 0 radical (unpaired) electrons. The zero-order valence-corrected chi connectivity index (χ0v) is 14.2. The molecule has 4 rings (SSSR count). The lowest BCUT2D eigenvalue weighted by molar-refractivity contribution is -0.141. The largest absolute Gasteiger partial charge is 0.378 e. The molecule has 1 aromatic heterocycles. The van der Waals surface area contributed by atoms with Crippen molar-refractivity contribution in [2.24, 2.45) is 0 Å². The number of H-pyrrole nitrogens is 1. The number of carbonyl (C=O) groups excluding carboxylic acids is 1. The molecule has 6 nitrogen and oxygen atoms in total. The van der Waals surface area contributed by atoms with Crippen LogP contribution in [0.2, 0.25) is 0 Å². The van der Waals surface area contributed by atoms with E-state index in [4.69, 9.17) is 0 Å². The second-order valence-electron chi connectivity index (χ2n) is 6.41. The number of aliphatic hydroxyl groups excluding tert-OH is 1. The first-order valence-corrected chi connectivity index (χ1v) is 8.75. The van der Waals surface area contributed by atoms with Gasteiger partial charge >= 0.3 is 0 Å². The molecule has 26 heavy (non-hydrogen) atoms. The van der Waals surface area contributed by atoms with E-state index in [0.717, 1.165) is 18.4 Å². The number of benzene rings is 2. The summed E-state index contributed by atoms with van der Waals surface area (Å²) >= 11 is 0. The van der Waals surface area contributed by atoms with Gasteiger partial charge in [0.05, 0.1) is 6.04 Å². The molecule has 1 fully saturated rings. The molecule has 0 spiro atoms. The van der Waals surface area contributed by atoms with Crippen molar-refractivity contribution in [3.8, 4) is 11.4 Å². The van der Waals surface area contributed by atoms with Crippen LogP contribution in [0.4, 0.5) is 0 Å². The average Bonchev–Trinajstić information content (AvgIpc) is 3.37. The molecule has 0 aliphatic carbocycles. The molecular weight excluding hydrogens is 328 g/mol. The number of nitrogens with one attached hydrogen (secondary N) is 1. The lowest BCUT2D eigenvalue weighted by Crippen LogP contribution is -2.35. The Hall–Kier alpha value is -2.99. The van der Waals surface area contributed by atoms with Crippen molar-refractivity contribution < 1.29 is 9.90 Å². The maximum Gasteiger partial charge on any atom is 0.256 e. The summed E-state index contributed by atoms with van der Waals surface area (Å²) < 4.78 is 0. The molecule has 2 atom stereocenters. The Labute approximate surface area is 151 Å². The lowest BCUT2D eigenvalue weighted by atomic mass is 10.1. The van der Waals surface area contributed by atoms with Gasteiger partial charge in [-0.15, -0.1) is 0 Å². The van der Waals surface area contributed by atoms with E-state index in [0.29, 0.717) is 23.8 Å². The maximum atomic E-state index is 12.8. The Kier molecular flexibility index (Phi) is 4.50. The third-order valence-electron chi connectivity index (χ3n) is 4.74. The van der Waals surface area contributed by atoms with Crippen LogP contribution in [-0.4, -0.2) is 37.6 Å². The number of hydrogen-bond acceptors (Lipinski definition) is 4. The summed E-state index contributed by atoms with van der Waals surface area (Å²) in [5.41, 5.74) is 1.53. The molecule has 3 aromatic rings. The number of carbonyl (C=O) groups is 1. The van der Waals surface area contributed by atoms with E-state index >= 15 is 0 Å². The van der Waals surface area contributed by atoms with Crippen LogP contribution in [0.3, 0.4) is 0 Å². The molecule has 0 bridgehead atoms. The predicted molar refractivity (Wildman–Crippen MR) is 96.9 cm³/mol. The van der Waals surface area contributed by atoms with E-state index in [-0.39, 0.29) is 11.9 Å². The van der Waals surface area contributed by atoms with E-state index in [2.05, 4.69) is 15.2 Å². The molecule has 2 unspecified atom stereocenters. The average molecular weight is 348 g/mol. The number of amides is 1. The number of rotatable bonds is 4. The number of hydrogen-bond donors (Lipinski definition) is 2. The molecule has 1 aliphatic rings. The maximum absolute atomic E-state index is 12.8. The lowest BCUT2D eigenvalue weighted by Gasteiger charge is -2.25. The monoisotopic (exact) mass is 348 g/mol. The van der Waals surface area contributed by atoms with Gasteiger partial charge in [0.1, 0.15) is 5.82 Å². The van der Waals surface area contributed by atoms with Crippen LogP contribution in [0.5, 0.6) is 0 Å². The summed E-state index contributed by atoms with van der Waals surface area (Å²) in [5.74, 6) is 0.981. The quantitative estimate of drug-likeness (QED) is 0.759. The van der Waals surface area contributed by atoms with Gasteiger partial charge in [-0.3, -0.25) is 9.89 Å². The molecule has 1 aliphatic heterocycles. The van der Waals surface area contributed by atoms with Gasteiger partial charge < -0.3 is 10.0 Å². The molecule has 2 aromatic carbocycles. The summed E-state index contributed by atoms with van der Waals surface area (Å²) in [6.45, 7) is 0.606. The van der Waals surface area contributed by atoms with Crippen LogP contribution >= 0.6 is 0 Å². The van der Waals surface area contributed by atoms with E-state index < -0.39 is 6.10 Å². The van der Waals surface area contributed by atoms with Crippen molar-refractivity contribution in [3.63, 3.8) is 0 Å². The minimum absolute atomic E-state index is 0.189. The Morgan fingerprint density at radius 3 is 2.54 bits per heavy atom. The number of aromatic nitrogens is 3. The van der Waals surface area contributed by atoms with Gasteiger partial charge in [-0.1, -0.05) is 60.7 Å². The minimum Gasteiger partial charge on any atom is -0.378 e. The zero-order chi connectivity index (χ0) is 17.9. The summed E-state index contributed by atoms with van der Waals surface area (Å²) in [7, 11) is 0. The summed E-state index contributed by atoms with van der Waals surface area (Å²) in [6.07, 6.45) is 0.518. The standard InChI is InChI=1S/C20H20N4O2/c25-17(14-8-3-1-4-9-14)20(26)24-13-7-12-16(24)19-21-18(22-23-19)15-10-5-2-6-11-15/h1-6,8-11,16-17,25H,7,12-13H2,(H,21,22,23). The molecule has 1 amide bonds. The zero-order valence-electron chi connectivity index (χ0n) is 14.2. The first-order chi connectivity index (χ1) is 12.7. The van der Waals surface area contributed by atoms with Crippen molar-refractivity contribution in [2.45, 2.75) is 25.0 Å². The Morgan fingerprint density at radius 1 is 1.12 bits per heavy atom. The highest BCUT2D eigenvalue weighted by atomic mass is 16.3. The second-order valence-corrected chi connectivity index (χ2v) is 6.41. The Balaban J connectivity index is 1.55. The molecular formula is C20H20N4O2. The van der Waals surface area contributed by atoms with E-state index in [1.165, 1.54) is 0 Å². The highest BCUT2D eigenvalue weighted by Gasteiger charge is 2.35. The van der Waals surface area contributed by atoms with E-state index in [9.17, 15) is 9.90 Å². The van der Waals surface area contributed by atoms with Crippen LogP contribution in [-0.2, 0) is 4.79 Å². The van der Waals surface area contributed by atoms with Crippen LogP contribution in [0.15, 0.2) is 60.7 Å². The second kappa shape index (κ2) is 7.09. The third kappa shape index (κ3) is 3.11. The Morgan fingerprint density at radius 2 is 1.81 bits per heavy atom. The van der Waals surface area contributed by atoms with Crippen molar-refractivity contribution in [1.82, 2.24) is 20.1 Å². The van der Waals surface area contributed by atoms with Crippen LogP contribution in [0.1, 0.15) is 36.4 Å². The van der Waals surface area contributed by atoms with Gasteiger partial charge in [-0.25, -0.2) is 4.98 Å². The van der Waals surface area contributed by atoms with Crippen molar-refractivity contribution in [2.75, 3.05) is 6.54 Å². The smallest absolute Gasteiger partial charge is 0.256 e. The number of likely N-dealkylation sites (tertiary alicyclic amines) is 1. The summed E-state index contributed by atoms with van der Waals surface area (Å²) in [5, 5.41) is 17.7. The van der Waals surface area contributed by atoms with E-state index in [1.54, 1.807) is 17.0 Å². The predicted octanol–water partition coefficient (Wildman–Crippen LogP) is 2.87. The molecule has 132 valence electrons. The highest BCUT2D eigenvalue weighted by molar-refractivity contribution is 5.82. The normalized spacial score (nSPS) is 18.0. The molecule has 2 heterocycles. The molecule has 0 saturated carbocycles. The van der Waals surface area contributed by atoms with Gasteiger partial charge in [0, 0.05) is 12.1 Å². The first kappa shape index (κ1) is 16.5. The fraction of sp³-hybridized carbons (Fsp3) is 0.250. The Bertz CT molecular complexity index is 879. The molecule has 6 heteroatoms. The fourth-order valence-corrected chi connectivity index (χ4v) is 3.39. The topological polar surface area (TPSA) is 82.1 Å². The van der Waals surface area contributed by atoms with Gasteiger partial charge in [0.15, 0.2) is 11.9 Å². The number of aliphatic hydroxyl groups is 1. The number of nitrogens with zero attached hydrogens (tertiary/aromatic N) is 3. The van der Waals surface area contributed by atoms with Gasteiger partial charge in [0.25, 0.3) is 5.91 Å². The van der Waals surface area contributed by atoms with Gasteiger partial charge in [-0.2, -0.15) is 5.10 Å². The van der Waals surface area contributed by atoms with Crippen LogP contribution in [0, 0.1) is 0 Å². The van der Waals surface area contributed by atoms with Crippen molar-refractivity contribution >= 4 is 5.91 Å². The van der Waals surface area contributed by atoms with Crippen molar-refractivity contribution in [1.29, 1.82) is 0 Å². The van der Waals surface area contributed by atoms with Gasteiger partial charge in [0.2, 0.25) is 0 Å².